The Bertz CT molecular complexity index is 3870. The van der Waals surface area contributed by atoms with Crippen molar-refractivity contribution in [2.75, 3.05) is 4.90 Å². The van der Waals surface area contributed by atoms with Crippen LogP contribution in [0.4, 0.5) is 17.1 Å². The molecule has 0 aliphatic carbocycles. The van der Waals surface area contributed by atoms with E-state index in [1.165, 1.54) is 54.3 Å². The molecule has 2 aromatic heterocycles. The molecule has 0 N–H and O–H groups in total. The summed E-state index contributed by atoms with van der Waals surface area (Å²) in [5, 5.41) is 12.0. The van der Waals surface area contributed by atoms with E-state index in [-0.39, 0.29) is 0 Å². The van der Waals surface area contributed by atoms with Crippen LogP contribution in [0.25, 0.3) is 104 Å². The molecule has 13 aromatic rings. The number of para-hydroxylation sites is 3. The SMILES string of the molecule is c1cc(-c2ccc(N(c3ccc4oc5c6ccccc6ccc5c4c3)c3ccccc3-c3ccc4ccc5ccccc5c4c3)cc2)cc(-n2c3ccccc3c3ccccc32)c1. The van der Waals surface area contributed by atoms with Gasteiger partial charge in [-0.25, -0.2) is 0 Å². The molecule has 3 heteroatoms. The van der Waals surface area contributed by atoms with Gasteiger partial charge in [0.25, 0.3) is 0 Å². The van der Waals surface area contributed by atoms with E-state index in [0.717, 1.165) is 66.8 Å². The topological polar surface area (TPSA) is 21.3 Å². The second-order valence-electron chi connectivity index (χ2n) is 16.5. The number of benzene rings is 11. The molecule has 0 aliphatic rings. The van der Waals surface area contributed by atoms with Crippen molar-refractivity contribution in [3.05, 3.63) is 231 Å². The van der Waals surface area contributed by atoms with Gasteiger partial charge in [0.05, 0.1) is 16.7 Å². The number of hydrogen-bond acceptors (Lipinski definition) is 2. The summed E-state index contributed by atoms with van der Waals surface area (Å²) < 4.78 is 8.99. The molecule has 0 radical (unpaired) electrons. The molecule has 0 saturated carbocycles. The van der Waals surface area contributed by atoms with Gasteiger partial charge in [-0.05, 0) is 116 Å². The third-order valence-corrected chi connectivity index (χ3v) is 12.9. The third kappa shape index (κ3) is 5.67. The third-order valence-electron chi connectivity index (χ3n) is 12.9. The number of nitrogens with zero attached hydrogens (tertiary/aromatic N) is 2. The van der Waals surface area contributed by atoms with Crippen LogP contribution in [0.3, 0.4) is 0 Å². The second kappa shape index (κ2) is 14.1. The zero-order valence-electron chi connectivity index (χ0n) is 34.2. The highest BCUT2D eigenvalue weighted by Gasteiger charge is 2.20. The Hall–Kier alpha value is -8.40. The van der Waals surface area contributed by atoms with E-state index in [9.17, 15) is 0 Å². The average molecular weight is 803 g/mol. The Morgan fingerprint density at radius 2 is 0.937 bits per heavy atom. The summed E-state index contributed by atoms with van der Waals surface area (Å²) in [7, 11) is 0. The lowest BCUT2D eigenvalue weighted by Crippen LogP contribution is -2.11. The minimum atomic E-state index is 0.873. The predicted molar refractivity (Wildman–Crippen MR) is 266 cm³/mol. The first-order chi connectivity index (χ1) is 31.2. The summed E-state index contributed by atoms with van der Waals surface area (Å²) in [5.74, 6) is 0. The van der Waals surface area contributed by atoms with Gasteiger partial charge in [-0.1, -0.05) is 158 Å². The fourth-order valence-corrected chi connectivity index (χ4v) is 9.97. The smallest absolute Gasteiger partial charge is 0.143 e. The molecule has 0 amide bonds. The quantitative estimate of drug-likeness (QED) is 0.156. The summed E-state index contributed by atoms with van der Waals surface area (Å²) in [5.41, 5.74) is 13.2. The van der Waals surface area contributed by atoms with Crippen molar-refractivity contribution in [3.8, 4) is 27.9 Å². The molecular weight excluding hydrogens is 765 g/mol. The van der Waals surface area contributed by atoms with Crippen LogP contribution < -0.4 is 4.90 Å². The van der Waals surface area contributed by atoms with Gasteiger partial charge in [0, 0.05) is 49.6 Å². The van der Waals surface area contributed by atoms with Crippen LogP contribution in [0.2, 0.25) is 0 Å². The van der Waals surface area contributed by atoms with E-state index in [1.54, 1.807) is 0 Å². The Labute approximate surface area is 363 Å². The minimum Gasteiger partial charge on any atom is -0.455 e. The number of anilines is 3. The maximum Gasteiger partial charge on any atom is 0.143 e. The molecule has 3 nitrogen and oxygen atoms in total. The number of fused-ring (bicyclic) bond motifs is 11. The van der Waals surface area contributed by atoms with Gasteiger partial charge in [-0.2, -0.15) is 0 Å². The van der Waals surface area contributed by atoms with Crippen LogP contribution in [0.1, 0.15) is 0 Å². The molecule has 0 fully saturated rings. The molecular formula is C60H38N2O. The van der Waals surface area contributed by atoms with Crippen molar-refractivity contribution in [2.45, 2.75) is 0 Å². The van der Waals surface area contributed by atoms with Gasteiger partial charge in [0.15, 0.2) is 0 Å². The summed E-state index contributed by atoms with van der Waals surface area (Å²) in [4.78, 5) is 2.40. The molecule has 63 heavy (non-hydrogen) atoms. The molecule has 0 spiro atoms. The van der Waals surface area contributed by atoms with E-state index in [1.807, 2.05) is 0 Å². The Balaban J connectivity index is 0.972. The molecule has 0 atom stereocenters. The summed E-state index contributed by atoms with van der Waals surface area (Å²) >= 11 is 0. The lowest BCUT2D eigenvalue weighted by Gasteiger charge is -2.28. The van der Waals surface area contributed by atoms with Gasteiger partial charge < -0.3 is 13.9 Å². The molecule has 0 bridgehead atoms. The van der Waals surface area contributed by atoms with Crippen LogP contribution in [0, 0.1) is 0 Å². The van der Waals surface area contributed by atoms with Gasteiger partial charge in [-0.15, -0.1) is 0 Å². The maximum absolute atomic E-state index is 6.61. The number of furan rings is 1. The normalized spacial score (nSPS) is 11.8. The molecule has 2 heterocycles. The fraction of sp³-hybridized carbons (Fsp3) is 0. The summed E-state index contributed by atoms with van der Waals surface area (Å²) in [6.07, 6.45) is 0. The van der Waals surface area contributed by atoms with Crippen LogP contribution >= 0.6 is 0 Å². The van der Waals surface area contributed by atoms with Crippen molar-refractivity contribution in [2.24, 2.45) is 0 Å². The minimum absolute atomic E-state index is 0.873. The van der Waals surface area contributed by atoms with Crippen molar-refractivity contribution >= 4 is 93.1 Å². The summed E-state index contributed by atoms with van der Waals surface area (Å²) in [6, 6.07) is 83.6. The maximum atomic E-state index is 6.61. The highest BCUT2D eigenvalue weighted by molar-refractivity contribution is 6.16. The van der Waals surface area contributed by atoms with Crippen LogP contribution in [-0.2, 0) is 0 Å². The Morgan fingerprint density at radius 3 is 1.73 bits per heavy atom. The molecule has 0 unspecified atom stereocenters. The highest BCUT2D eigenvalue weighted by Crippen LogP contribution is 2.45. The largest absolute Gasteiger partial charge is 0.455 e. The molecule has 0 saturated heterocycles. The van der Waals surface area contributed by atoms with E-state index in [2.05, 4.69) is 240 Å². The monoisotopic (exact) mass is 802 g/mol. The molecule has 294 valence electrons. The molecule has 13 rings (SSSR count). The first kappa shape index (κ1) is 35.4. The van der Waals surface area contributed by atoms with Crippen LogP contribution in [0.5, 0.6) is 0 Å². The van der Waals surface area contributed by atoms with Crippen molar-refractivity contribution in [1.29, 1.82) is 0 Å². The van der Waals surface area contributed by atoms with Crippen molar-refractivity contribution in [1.82, 2.24) is 4.57 Å². The molecule has 0 aliphatic heterocycles. The van der Waals surface area contributed by atoms with E-state index < -0.39 is 0 Å². The van der Waals surface area contributed by atoms with Crippen LogP contribution in [0.15, 0.2) is 235 Å². The molecule has 11 aromatic carbocycles. The lowest BCUT2D eigenvalue weighted by atomic mass is 9.95. The first-order valence-corrected chi connectivity index (χ1v) is 21.6. The van der Waals surface area contributed by atoms with Gasteiger partial charge in [-0.3, -0.25) is 0 Å². The fourth-order valence-electron chi connectivity index (χ4n) is 9.97. The number of hydrogen-bond donors (Lipinski definition) is 0. The Morgan fingerprint density at radius 1 is 0.333 bits per heavy atom. The van der Waals surface area contributed by atoms with E-state index in [0.29, 0.717) is 0 Å². The van der Waals surface area contributed by atoms with Crippen molar-refractivity contribution < 1.29 is 4.42 Å². The summed E-state index contributed by atoms with van der Waals surface area (Å²) in [6.45, 7) is 0. The lowest BCUT2D eigenvalue weighted by molar-refractivity contribution is 0.672. The van der Waals surface area contributed by atoms with E-state index in [4.69, 9.17) is 4.42 Å². The Kier molecular flexibility index (Phi) is 7.91. The number of rotatable bonds is 6. The average Bonchev–Trinajstić information content (AvgIpc) is 3.90. The highest BCUT2D eigenvalue weighted by atomic mass is 16.3. The van der Waals surface area contributed by atoms with Gasteiger partial charge in [0.2, 0.25) is 0 Å². The van der Waals surface area contributed by atoms with Crippen molar-refractivity contribution in [3.63, 3.8) is 0 Å². The van der Waals surface area contributed by atoms with Gasteiger partial charge >= 0.3 is 0 Å². The van der Waals surface area contributed by atoms with Crippen LogP contribution in [-0.4, -0.2) is 4.57 Å². The second-order valence-corrected chi connectivity index (χ2v) is 16.5. The van der Waals surface area contributed by atoms with E-state index >= 15 is 0 Å². The van der Waals surface area contributed by atoms with Gasteiger partial charge in [0.1, 0.15) is 11.2 Å². The first-order valence-electron chi connectivity index (χ1n) is 21.6. The zero-order chi connectivity index (χ0) is 41.4. The predicted octanol–water partition coefficient (Wildman–Crippen LogP) is 16.9. The standard InChI is InChI=1S/C60H38N2O/c1-3-16-48-40(12-1)24-25-42-26-27-44(37-54(42)48)49-17-5-8-21-56(49)61(47-33-35-59-55(38-47)53-34-30-41-13-2-4-18-50(41)60(53)63-59)45-31-28-39(29-32-45)43-14-11-15-46(36-43)62-57-22-9-6-19-51(57)52-20-7-10-23-58(52)62/h1-38H. The number of aromatic nitrogens is 1. The zero-order valence-corrected chi connectivity index (χ0v) is 34.2.